The van der Waals surface area contributed by atoms with E-state index in [9.17, 15) is 4.79 Å². The van der Waals surface area contributed by atoms with E-state index in [0.717, 1.165) is 30.1 Å². The van der Waals surface area contributed by atoms with Crippen LogP contribution in [0.25, 0.3) is 0 Å². The number of hydrogen-bond donors (Lipinski definition) is 2. The van der Waals surface area contributed by atoms with E-state index < -0.39 is 0 Å². The molecule has 2 aromatic rings. The van der Waals surface area contributed by atoms with Crippen LogP contribution in [0.3, 0.4) is 0 Å². The highest BCUT2D eigenvalue weighted by Gasteiger charge is 2.14. The van der Waals surface area contributed by atoms with E-state index in [4.69, 9.17) is 4.42 Å². The van der Waals surface area contributed by atoms with E-state index in [-0.39, 0.29) is 5.91 Å². The van der Waals surface area contributed by atoms with Crippen LogP contribution >= 0.6 is 0 Å². The van der Waals surface area contributed by atoms with Gasteiger partial charge in [0.25, 0.3) is 5.91 Å². The molecule has 1 aliphatic heterocycles. The smallest absolute Gasteiger partial charge is 0.251 e. The summed E-state index contributed by atoms with van der Waals surface area (Å²) in [6.07, 6.45) is 0.967. The first-order chi connectivity index (χ1) is 9.63. The van der Waals surface area contributed by atoms with Gasteiger partial charge in [-0.2, -0.15) is 0 Å². The normalized spacial score (nSPS) is 12.9. The van der Waals surface area contributed by atoms with E-state index in [1.807, 2.05) is 32.0 Å². The van der Waals surface area contributed by atoms with Gasteiger partial charge in [0.2, 0.25) is 5.89 Å². The average molecular weight is 271 g/mol. The van der Waals surface area contributed by atoms with Crippen LogP contribution in [-0.4, -0.2) is 17.4 Å². The van der Waals surface area contributed by atoms with Crippen LogP contribution < -0.4 is 10.6 Å². The third kappa shape index (κ3) is 2.39. The quantitative estimate of drug-likeness (QED) is 0.898. The third-order valence-electron chi connectivity index (χ3n) is 3.55. The molecule has 0 saturated carbocycles. The van der Waals surface area contributed by atoms with Gasteiger partial charge in [0.05, 0.1) is 12.2 Å². The molecule has 104 valence electrons. The van der Waals surface area contributed by atoms with Gasteiger partial charge in [0, 0.05) is 17.8 Å². The van der Waals surface area contributed by atoms with Crippen molar-refractivity contribution in [2.45, 2.75) is 26.8 Å². The van der Waals surface area contributed by atoms with E-state index in [1.54, 1.807) is 0 Å². The number of benzene rings is 1. The Labute approximate surface area is 117 Å². The molecule has 2 heterocycles. The van der Waals surface area contributed by atoms with E-state index in [1.165, 1.54) is 5.56 Å². The molecule has 5 heteroatoms. The highest BCUT2D eigenvalue weighted by molar-refractivity contribution is 5.94. The molecule has 1 aromatic heterocycles. The number of aryl methyl sites for hydroxylation is 2. The predicted molar refractivity (Wildman–Crippen MR) is 75.8 cm³/mol. The number of amides is 1. The minimum Gasteiger partial charge on any atom is -0.444 e. The van der Waals surface area contributed by atoms with Crippen LogP contribution in [0.2, 0.25) is 0 Å². The molecule has 1 amide bonds. The number of carbonyl (C=O) groups is 1. The lowest BCUT2D eigenvalue weighted by Crippen LogP contribution is -2.23. The van der Waals surface area contributed by atoms with Gasteiger partial charge in [-0.15, -0.1) is 0 Å². The van der Waals surface area contributed by atoms with Crippen molar-refractivity contribution in [3.8, 4) is 0 Å². The molecule has 2 N–H and O–H groups in total. The Morgan fingerprint density at radius 2 is 2.30 bits per heavy atom. The highest BCUT2D eigenvalue weighted by Crippen LogP contribution is 2.22. The Hall–Kier alpha value is -2.30. The van der Waals surface area contributed by atoms with E-state index in [2.05, 4.69) is 15.6 Å². The summed E-state index contributed by atoms with van der Waals surface area (Å²) in [5.41, 5.74) is 3.85. The zero-order chi connectivity index (χ0) is 14.1. The maximum absolute atomic E-state index is 12.1. The van der Waals surface area contributed by atoms with E-state index in [0.29, 0.717) is 18.0 Å². The van der Waals surface area contributed by atoms with Gasteiger partial charge in [-0.1, -0.05) is 0 Å². The number of nitrogens with zero attached hydrogens (tertiary/aromatic N) is 1. The molecule has 20 heavy (non-hydrogen) atoms. The fraction of sp³-hybridized carbons (Fsp3) is 0.333. The summed E-state index contributed by atoms with van der Waals surface area (Å²) >= 11 is 0. The van der Waals surface area contributed by atoms with Crippen molar-refractivity contribution < 1.29 is 9.21 Å². The number of oxazole rings is 1. The predicted octanol–water partition coefficient (Wildman–Crippen LogP) is 2.19. The summed E-state index contributed by atoms with van der Waals surface area (Å²) in [5.74, 6) is 1.22. The summed E-state index contributed by atoms with van der Waals surface area (Å²) in [5, 5.41) is 6.11. The third-order valence-corrected chi connectivity index (χ3v) is 3.55. The Balaban J connectivity index is 1.67. The van der Waals surface area contributed by atoms with Crippen molar-refractivity contribution in [3.63, 3.8) is 0 Å². The maximum Gasteiger partial charge on any atom is 0.251 e. The molecule has 0 aliphatic carbocycles. The zero-order valence-corrected chi connectivity index (χ0v) is 11.6. The number of rotatable bonds is 3. The van der Waals surface area contributed by atoms with Gasteiger partial charge in [0.1, 0.15) is 5.76 Å². The fourth-order valence-electron chi connectivity index (χ4n) is 2.32. The summed E-state index contributed by atoms with van der Waals surface area (Å²) in [6, 6.07) is 5.73. The minimum absolute atomic E-state index is 0.104. The number of carbonyl (C=O) groups excluding carboxylic acids is 1. The Kier molecular flexibility index (Phi) is 3.18. The second kappa shape index (κ2) is 5.00. The minimum atomic E-state index is -0.104. The van der Waals surface area contributed by atoms with Gasteiger partial charge < -0.3 is 15.1 Å². The fourth-order valence-corrected chi connectivity index (χ4v) is 2.32. The van der Waals surface area contributed by atoms with Crippen LogP contribution in [0, 0.1) is 13.8 Å². The van der Waals surface area contributed by atoms with Crippen molar-refractivity contribution in [2.75, 3.05) is 11.9 Å². The van der Waals surface area contributed by atoms with Gasteiger partial charge >= 0.3 is 0 Å². The largest absolute Gasteiger partial charge is 0.444 e. The molecule has 3 rings (SSSR count). The van der Waals surface area contributed by atoms with Crippen molar-refractivity contribution in [3.05, 3.63) is 46.7 Å². The molecule has 0 atom stereocenters. The molecule has 0 unspecified atom stereocenters. The van der Waals surface area contributed by atoms with Crippen molar-refractivity contribution >= 4 is 11.6 Å². The zero-order valence-electron chi connectivity index (χ0n) is 11.6. The summed E-state index contributed by atoms with van der Waals surface area (Å²) < 4.78 is 5.44. The molecule has 0 radical (unpaired) electrons. The Morgan fingerprint density at radius 3 is 3.05 bits per heavy atom. The number of hydrogen-bond acceptors (Lipinski definition) is 4. The molecule has 1 aromatic carbocycles. The van der Waals surface area contributed by atoms with Gasteiger partial charge in [-0.05, 0) is 44.0 Å². The lowest BCUT2D eigenvalue weighted by Gasteiger charge is -2.05. The summed E-state index contributed by atoms with van der Waals surface area (Å²) in [4.78, 5) is 16.4. The molecule has 0 saturated heterocycles. The topological polar surface area (TPSA) is 67.2 Å². The number of fused-ring (bicyclic) bond motifs is 1. The first-order valence-corrected chi connectivity index (χ1v) is 6.71. The van der Waals surface area contributed by atoms with Crippen LogP contribution in [0.5, 0.6) is 0 Å². The SMILES string of the molecule is Cc1nc(CNC(=O)c2ccc3c(c2)CCN3)oc1C. The van der Waals surface area contributed by atoms with Gasteiger partial charge in [0.15, 0.2) is 0 Å². The molecule has 0 bridgehead atoms. The lowest BCUT2D eigenvalue weighted by molar-refractivity contribution is 0.0947. The first-order valence-electron chi connectivity index (χ1n) is 6.71. The molecule has 0 spiro atoms. The molecule has 1 aliphatic rings. The molecule has 0 fully saturated rings. The van der Waals surface area contributed by atoms with Crippen LogP contribution in [-0.2, 0) is 13.0 Å². The number of nitrogens with one attached hydrogen (secondary N) is 2. The summed E-state index contributed by atoms with van der Waals surface area (Å²) in [6.45, 7) is 5.00. The second-order valence-corrected chi connectivity index (χ2v) is 4.98. The van der Waals surface area contributed by atoms with Crippen molar-refractivity contribution in [1.29, 1.82) is 0 Å². The molecule has 5 nitrogen and oxygen atoms in total. The maximum atomic E-state index is 12.1. The van der Waals surface area contributed by atoms with Crippen LogP contribution in [0.1, 0.15) is 33.3 Å². The van der Waals surface area contributed by atoms with Crippen LogP contribution in [0.15, 0.2) is 22.6 Å². The van der Waals surface area contributed by atoms with Gasteiger partial charge in [-0.3, -0.25) is 4.79 Å². The summed E-state index contributed by atoms with van der Waals surface area (Å²) in [7, 11) is 0. The van der Waals surface area contributed by atoms with E-state index >= 15 is 0 Å². The standard InChI is InChI=1S/C15H17N3O2/c1-9-10(2)20-14(18-9)8-17-15(19)12-3-4-13-11(7-12)5-6-16-13/h3-4,7,16H,5-6,8H2,1-2H3,(H,17,19). The average Bonchev–Trinajstić information content (AvgIpc) is 3.02. The second-order valence-electron chi connectivity index (χ2n) is 4.98. The Morgan fingerprint density at radius 1 is 1.45 bits per heavy atom. The number of anilines is 1. The molecular weight excluding hydrogens is 254 g/mol. The molecular formula is C15H17N3O2. The lowest BCUT2D eigenvalue weighted by atomic mass is 10.1. The van der Waals surface area contributed by atoms with Crippen LogP contribution in [0.4, 0.5) is 5.69 Å². The number of aromatic nitrogens is 1. The first kappa shape index (κ1) is 12.7. The van der Waals surface area contributed by atoms with Gasteiger partial charge in [-0.25, -0.2) is 4.98 Å². The van der Waals surface area contributed by atoms with Crippen molar-refractivity contribution in [2.24, 2.45) is 0 Å². The van der Waals surface area contributed by atoms with Crippen molar-refractivity contribution in [1.82, 2.24) is 10.3 Å². The monoisotopic (exact) mass is 271 g/mol. The highest BCUT2D eigenvalue weighted by atomic mass is 16.4. The Bertz CT molecular complexity index is 642.